The molecule has 0 radical (unpaired) electrons. The quantitative estimate of drug-likeness (QED) is 0.362. The molecule has 1 aliphatic rings. The van der Waals surface area contributed by atoms with E-state index in [2.05, 4.69) is 5.32 Å². The number of Topliss-reactive ketones (excluding diaryl/α,β-unsaturated/α-hetero) is 1. The van der Waals surface area contributed by atoms with E-state index in [1.807, 2.05) is 60.7 Å². The predicted octanol–water partition coefficient (Wildman–Crippen LogP) is 4.65. The zero-order valence-electron chi connectivity index (χ0n) is 19.3. The van der Waals surface area contributed by atoms with Gasteiger partial charge in [0.2, 0.25) is 10.0 Å². The fourth-order valence-electron chi connectivity index (χ4n) is 4.45. The van der Waals surface area contributed by atoms with Crippen molar-refractivity contribution in [2.45, 2.75) is 17.7 Å². The van der Waals surface area contributed by atoms with Crippen LogP contribution in [0, 0.1) is 0 Å². The van der Waals surface area contributed by atoms with Gasteiger partial charge in [0, 0.05) is 35.5 Å². The summed E-state index contributed by atoms with van der Waals surface area (Å²) in [4.78, 5) is 14.1. The van der Waals surface area contributed by atoms with E-state index >= 15 is 0 Å². The van der Waals surface area contributed by atoms with Gasteiger partial charge in [-0.15, -0.1) is 0 Å². The second kappa shape index (κ2) is 9.56. The van der Waals surface area contributed by atoms with Crippen molar-refractivity contribution in [2.24, 2.45) is 0 Å². The number of nitrogens with one attached hydrogen (secondary N) is 1. The van der Waals surface area contributed by atoms with Crippen molar-refractivity contribution in [3.63, 3.8) is 0 Å². The van der Waals surface area contributed by atoms with Crippen molar-refractivity contribution >= 4 is 32.4 Å². The van der Waals surface area contributed by atoms with E-state index in [1.54, 1.807) is 25.3 Å². The SMILES string of the molecule is COc1cccc(NC(C(=O)c2cn(S(=O)(=O)C3CCOC3)c3ccccc23)c2ccccc2)c1. The third kappa shape index (κ3) is 4.42. The number of fused-ring (bicyclic) bond motifs is 1. The third-order valence-electron chi connectivity index (χ3n) is 6.30. The summed E-state index contributed by atoms with van der Waals surface area (Å²) in [5.41, 5.74) is 2.30. The minimum absolute atomic E-state index is 0.155. The molecule has 0 amide bonds. The number of anilines is 1. The topological polar surface area (TPSA) is 86.6 Å². The van der Waals surface area contributed by atoms with Crippen molar-refractivity contribution in [3.05, 3.63) is 96.2 Å². The first kappa shape index (κ1) is 23.1. The molecule has 35 heavy (non-hydrogen) atoms. The summed E-state index contributed by atoms with van der Waals surface area (Å²) in [7, 11) is -2.15. The van der Waals surface area contributed by atoms with Gasteiger partial charge in [-0.25, -0.2) is 12.4 Å². The van der Waals surface area contributed by atoms with Gasteiger partial charge in [-0.1, -0.05) is 54.6 Å². The van der Waals surface area contributed by atoms with Gasteiger partial charge in [0.1, 0.15) is 17.0 Å². The van der Waals surface area contributed by atoms with Crippen LogP contribution in [-0.2, 0) is 14.8 Å². The van der Waals surface area contributed by atoms with Gasteiger partial charge < -0.3 is 14.8 Å². The Morgan fingerprint density at radius 2 is 1.83 bits per heavy atom. The molecule has 2 atom stereocenters. The van der Waals surface area contributed by atoms with Gasteiger partial charge in [0.05, 0.1) is 19.2 Å². The number of methoxy groups -OCH3 is 1. The van der Waals surface area contributed by atoms with Crippen molar-refractivity contribution in [1.82, 2.24) is 3.97 Å². The lowest BCUT2D eigenvalue weighted by Crippen LogP contribution is -2.27. The molecule has 0 aliphatic carbocycles. The number of hydrogen-bond donors (Lipinski definition) is 1. The summed E-state index contributed by atoms with van der Waals surface area (Å²) in [5, 5.41) is 3.28. The molecular weight excluding hydrogens is 464 g/mol. The zero-order valence-corrected chi connectivity index (χ0v) is 20.1. The number of benzene rings is 3. The number of hydrogen-bond acceptors (Lipinski definition) is 6. The van der Waals surface area contributed by atoms with Crippen molar-refractivity contribution < 1.29 is 22.7 Å². The average molecular weight is 491 g/mol. The number of rotatable bonds is 8. The smallest absolute Gasteiger partial charge is 0.244 e. The molecule has 1 N–H and O–H groups in total. The first-order chi connectivity index (χ1) is 17.0. The first-order valence-electron chi connectivity index (χ1n) is 11.4. The number of ether oxygens (including phenoxy) is 2. The molecule has 0 bridgehead atoms. The molecule has 8 heteroatoms. The number of ketones is 1. The molecule has 1 fully saturated rings. The van der Waals surface area contributed by atoms with Gasteiger partial charge >= 0.3 is 0 Å². The second-order valence-corrected chi connectivity index (χ2v) is 10.6. The van der Waals surface area contributed by atoms with Crippen molar-refractivity contribution in [2.75, 3.05) is 25.6 Å². The molecule has 1 saturated heterocycles. The van der Waals surface area contributed by atoms with Crippen molar-refractivity contribution in [3.8, 4) is 5.75 Å². The lowest BCUT2D eigenvalue weighted by molar-refractivity contribution is 0.0971. The average Bonchev–Trinajstić information content (AvgIpc) is 3.57. The number of aromatic nitrogens is 1. The Bertz CT molecular complexity index is 1460. The maximum Gasteiger partial charge on any atom is 0.244 e. The van der Waals surface area contributed by atoms with Gasteiger partial charge in [0.15, 0.2) is 5.78 Å². The number of carbonyl (C=O) groups is 1. The summed E-state index contributed by atoms with van der Waals surface area (Å²) in [6.45, 7) is 0.567. The summed E-state index contributed by atoms with van der Waals surface area (Å²) < 4.78 is 38.8. The van der Waals surface area contributed by atoms with Gasteiger partial charge in [-0.3, -0.25) is 4.79 Å². The molecule has 1 aliphatic heterocycles. The normalized spacial score (nSPS) is 16.8. The number of nitrogens with zero attached hydrogens (tertiary/aromatic N) is 1. The second-order valence-electron chi connectivity index (χ2n) is 8.47. The Labute approximate surface area is 204 Å². The minimum Gasteiger partial charge on any atom is -0.497 e. The lowest BCUT2D eigenvalue weighted by atomic mass is 9.96. The highest BCUT2D eigenvalue weighted by atomic mass is 32.2. The predicted molar refractivity (Wildman–Crippen MR) is 136 cm³/mol. The molecule has 180 valence electrons. The summed E-state index contributed by atoms with van der Waals surface area (Å²) in [5.74, 6) is 0.433. The lowest BCUT2D eigenvalue weighted by Gasteiger charge is -2.19. The van der Waals surface area contributed by atoms with Crippen LogP contribution in [0.4, 0.5) is 5.69 Å². The summed E-state index contributed by atoms with van der Waals surface area (Å²) in [6, 6.07) is 23.1. The molecular formula is C27H26N2O5S. The summed E-state index contributed by atoms with van der Waals surface area (Å²) in [6.07, 6.45) is 1.89. The molecule has 7 nitrogen and oxygen atoms in total. The van der Waals surface area contributed by atoms with Crippen LogP contribution in [0.3, 0.4) is 0 Å². The fourth-order valence-corrected chi connectivity index (χ4v) is 6.12. The van der Waals surface area contributed by atoms with Gasteiger partial charge in [0.25, 0.3) is 0 Å². The van der Waals surface area contributed by atoms with Crippen LogP contribution < -0.4 is 10.1 Å². The Hall–Kier alpha value is -3.62. The maximum atomic E-state index is 14.1. The fraction of sp³-hybridized carbons (Fsp3) is 0.222. The molecule has 0 saturated carbocycles. The highest BCUT2D eigenvalue weighted by molar-refractivity contribution is 7.90. The van der Waals surface area contributed by atoms with Crippen molar-refractivity contribution in [1.29, 1.82) is 0 Å². The third-order valence-corrected chi connectivity index (χ3v) is 8.37. The molecule has 2 heterocycles. The van der Waals surface area contributed by atoms with E-state index in [9.17, 15) is 13.2 Å². The molecule has 2 unspecified atom stereocenters. The van der Waals surface area contributed by atoms with E-state index in [0.717, 1.165) is 5.56 Å². The van der Waals surface area contributed by atoms with Crippen LogP contribution in [0.1, 0.15) is 28.4 Å². The summed E-state index contributed by atoms with van der Waals surface area (Å²) >= 11 is 0. The van der Waals surface area contributed by atoms with Gasteiger partial charge in [-0.2, -0.15) is 0 Å². The van der Waals surface area contributed by atoms with Crippen LogP contribution in [0.2, 0.25) is 0 Å². The Morgan fingerprint density at radius 3 is 2.57 bits per heavy atom. The monoisotopic (exact) mass is 490 g/mol. The highest BCUT2D eigenvalue weighted by Gasteiger charge is 2.34. The van der Waals surface area contributed by atoms with E-state index in [-0.39, 0.29) is 12.4 Å². The Balaban J connectivity index is 1.60. The highest BCUT2D eigenvalue weighted by Crippen LogP contribution is 2.32. The van der Waals surface area contributed by atoms with Crippen LogP contribution in [0.15, 0.2) is 85.1 Å². The Morgan fingerprint density at radius 1 is 1.06 bits per heavy atom. The largest absolute Gasteiger partial charge is 0.497 e. The van der Waals surface area contributed by atoms with Crippen LogP contribution in [-0.4, -0.2) is 43.7 Å². The van der Waals surface area contributed by atoms with E-state index in [1.165, 1.54) is 10.2 Å². The standard InChI is InChI=1S/C27H26N2O5S/c1-33-21-11-7-10-20(16-21)28-26(19-8-3-2-4-9-19)27(30)24-17-29(25-13-6-5-12-23(24)25)35(31,32)22-14-15-34-18-22/h2-13,16-17,22,26,28H,14-15,18H2,1H3. The van der Waals surface area contributed by atoms with Crippen LogP contribution in [0.25, 0.3) is 10.9 Å². The first-order valence-corrected chi connectivity index (χ1v) is 12.9. The zero-order chi connectivity index (χ0) is 24.4. The molecule has 5 rings (SSSR count). The molecule has 1 aromatic heterocycles. The van der Waals surface area contributed by atoms with Crippen LogP contribution >= 0.6 is 0 Å². The Kier molecular flexibility index (Phi) is 6.32. The minimum atomic E-state index is -3.73. The van der Waals surface area contributed by atoms with E-state index in [0.29, 0.717) is 40.9 Å². The maximum absolute atomic E-state index is 14.1. The van der Waals surface area contributed by atoms with E-state index in [4.69, 9.17) is 9.47 Å². The molecule has 0 spiro atoms. The van der Waals surface area contributed by atoms with Gasteiger partial charge in [-0.05, 0) is 30.2 Å². The molecule has 4 aromatic rings. The molecule has 3 aromatic carbocycles. The van der Waals surface area contributed by atoms with Crippen LogP contribution in [0.5, 0.6) is 5.75 Å². The number of para-hydroxylation sites is 1. The number of carbonyl (C=O) groups excluding carboxylic acids is 1. The van der Waals surface area contributed by atoms with E-state index < -0.39 is 21.3 Å².